The summed E-state index contributed by atoms with van der Waals surface area (Å²) in [7, 11) is 2.22. The molecule has 2 aliphatic rings. The van der Waals surface area contributed by atoms with E-state index in [0.29, 0.717) is 12.0 Å². The summed E-state index contributed by atoms with van der Waals surface area (Å²) in [6, 6.07) is 5.28. The van der Waals surface area contributed by atoms with Crippen LogP contribution in [0.4, 0.5) is 4.79 Å². The number of aromatic nitrogens is 1. The predicted octanol–water partition coefficient (Wildman–Crippen LogP) is 4.04. The Balaban J connectivity index is 1.67. The first-order chi connectivity index (χ1) is 13.6. The van der Waals surface area contributed by atoms with E-state index in [1.54, 1.807) is 0 Å². The number of likely N-dealkylation sites (N-methyl/N-ethyl adjacent to an activating group) is 1. The van der Waals surface area contributed by atoms with Crippen molar-refractivity contribution in [3.63, 3.8) is 0 Å². The van der Waals surface area contributed by atoms with Gasteiger partial charge in [-0.3, -0.25) is 0 Å². The van der Waals surface area contributed by atoms with E-state index in [1.165, 1.54) is 26.9 Å². The number of piperidine rings is 1. The number of amides is 2. The highest BCUT2D eigenvalue weighted by Gasteiger charge is 2.41. The Kier molecular flexibility index (Phi) is 5.61. The molecule has 0 radical (unpaired) electrons. The van der Waals surface area contributed by atoms with Crippen LogP contribution in [0, 0.1) is 0 Å². The zero-order chi connectivity index (χ0) is 19.8. The Hall–Kier alpha value is -1.66. The summed E-state index contributed by atoms with van der Waals surface area (Å²) in [5.41, 5.74) is 4.20. The molecular weight excluding hydrogens is 368 g/mol. The lowest BCUT2D eigenvalue weighted by atomic mass is 9.74. The normalized spacial score (nSPS) is 24.2. The predicted molar refractivity (Wildman–Crippen MR) is 117 cm³/mol. The van der Waals surface area contributed by atoms with Gasteiger partial charge in [-0.25, -0.2) is 4.79 Å². The number of hydrogen-bond donors (Lipinski definition) is 2. The molecule has 28 heavy (non-hydrogen) atoms. The van der Waals surface area contributed by atoms with Crippen LogP contribution in [0.1, 0.15) is 44.2 Å². The SMILES string of the molecule is CCSc1ccc2[nH]cc3c2c1[C@H]1C[C@H](NC(=O)N(CC)CC)CN(C)[C@@H]1C3. The number of likely N-dealkylation sites (tertiary alicyclic amines) is 1. The van der Waals surface area contributed by atoms with Gasteiger partial charge < -0.3 is 20.1 Å². The lowest BCUT2D eigenvalue weighted by molar-refractivity contribution is 0.123. The van der Waals surface area contributed by atoms with E-state index >= 15 is 0 Å². The molecule has 3 atom stereocenters. The van der Waals surface area contributed by atoms with E-state index in [-0.39, 0.29) is 12.1 Å². The van der Waals surface area contributed by atoms with E-state index in [2.05, 4.69) is 47.5 Å². The first kappa shape index (κ1) is 19.6. The number of benzene rings is 1. The average Bonchev–Trinajstić information content (AvgIpc) is 3.09. The van der Waals surface area contributed by atoms with Crippen molar-refractivity contribution >= 4 is 28.7 Å². The van der Waals surface area contributed by atoms with Crippen LogP contribution in [0.3, 0.4) is 0 Å². The second-order valence-corrected chi connectivity index (χ2v) is 9.32. The second-order valence-electron chi connectivity index (χ2n) is 8.02. The topological polar surface area (TPSA) is 51.4 Å². The minimum absolute atomic E-state index is 0.0707. The maximum absolute atomic E-state index is 12.6. The third-order valence-electron chi connectivity index (χ3n) is 6.48. The average molecular weight is 401 g/mol. The maximum atomic E-state index is 12.6. The highest BCUT2D eigenvalue weighted by atomic mass is 32.2. The first-order valence-electron chi connectivity index (χ1n) is 10.6. The largest absolute Gasteiger partial charge is 0.361 e. The van der Waals surface area contributed by atoms with Crippen molar-refractivity contribution in [3.05, 3.63) is 29.5 Å². The molecule has 4 rings (SSSR count). The van der Waals surface area contributed by atoms with Crippen LogP contribution in [0.25, 0.3) is 10.9 Å². The molecule has 6 heteroatoms. The smallest absolute Gasteiger partial charge is 0.317 e. The van der Waals surface area contributed by atoms with Gasteiger partial charge in [-0.1, -0.05) is 6.92 Å². The summed E-state index contributed by atoms with van der Waals surface area (Å²) in [6.45, 7) is 8.71. The molecule has 0 saturated carbocycles. The molecule has 0 unspecified atom stereocenters. The molecule has 2 amide bonds. The van der Waals surface area contributed by atoms with Gasteiger partial charge >= 0.3 is 6.03 Å². The number of fused-ring (bicyclic) bond motifs is 2. The quantitative estimate of drug-likeness (QED) is 0.745. The molecule has 2 heterocycles. The van der Waals surface area contributed by atoms with Crippen LogP contribution < -0.4 is 5.32 Å². The van der Waals surface area contributed by atoms with Gasteiger partial charge in [0.05, 0.1) is 0 Å². The number of carbonyl (C=O) groups excluding carboxylic acids is 1. The van der Waals surface area contributed by atoms with E-state index < -0.39 is 0 Å². The number of nitrogens with zero attached hydrogens (tertiary/aromatic N) is 2. The van der Waals surface area contributed by atoms with Gasteiger partial charge in [0, 0.05) is 59.6 Å². The Bertz CT molecular complexity index is 860. The molecule has 0 spiro atoms. The summed E-state index contributed by atoms with van der Waals surface area (Å²) in [6.07, 6.45) is 4.31. The van der Waals surface area contributed by atoms with Crippen LogP contribution in [-0.4, -0.2) is 65.3 Å². The standard InChI is InChI=1S/C22H32N4OS/c1-5-26(6-2)22(27)24-15-11-16-18(25(4)13-15)10-14-12-23-17-8-9-19(28-7-3)21(16)20(14)17/h8-9,12,15-16,18,23H,5-7,10-11,13H2,1-4H3,(H,24,27)/t15-,16-,18+/m0/s1. The molecule has 1 aromatic carbocycles. The monoisotopic (exact) mass is 400 g/mol. The van der Waals surface area contributed by atoms with Crippen LogP contribution in [0.15, 0.2) is 23.2 Å². The van der Waals surface area contributed by atoms with Crippen LogP contribution in [0.2, 0.25) is 0 Å². The minimum atomic E-state index is 0.0707. The van der Waals surface area contributed by atoms with Gasteiger partial charge in [-0.15, -0.1) is 11.8 Å². The molecule has 1 aromatic heterocycles. The summed E-state index contributed by atoms with van der Waals surface area (Å²) < 4.78 is 0. The van der Waals surface area contributed by atoms with Crippen LogP contribution in [-0.2, 0) is 6.42 Å². The first-order valence-corrected chi connectivity index (χ1v) is 11.6. The van der Waals surface area contributed by atoms with E-state index in [0.717, 1.165) is 38.2 Å². The molecule has 1 aliphatic carbocycles. The number of H-pyrrole nitrogens is 1. The summed E-state index contributed by atoms with van der Waals surface area (Å²) in [5, 5.41) is 4.75. The van der Waals surface area contributed by atoms with Gasteiger partial charge in [-0.05, 0) is 62.7 Å². The molecule has 2 N–H and O–H groups in total. The van der Waals surface area contributed by atoms with Crippen molar-refractivity contribution in [3.8, 4) is 0 Å². The number of aromatic amines is 1. The Labute approximate surface area is 172 Å². The van der Waals surface area contributed by atoms with Crippen molar-refractivity contribution in [2.45, 2.75) is 56.5 Å². The van der Waals surface area contributed by atoms with Crippen molar-refractivity contribution in [2.24, 2.45) is 0 Å². The summed E-state index contributed by atoms with van der Waals surface area (Å²) in [5.74, 6) is 1.54. The minimum Gasteiger partial charge on any atom is -0.361 e. The van der Waals surface area contributed by atoms with Gasteiger partial charge in [-0.2, -0.15) is 0 Å². The second kappa shape index (κ2) is 7.99. The lowest BCUT2D eigenvalue weighted by Gasteiger charge is -2.46. The van der Waals surface area contributed by atoms with Gasteiger partial charge in [0.2, 0.25) is 0 Å². The number of hydrogen-bond acceptors (Lipinski definition) is 3. The van der Waals surface area contributed by atoms with Crippen LogP contribution >= 0.6 is 11.8 Å². The summed E-state index contributed by atoms with van der Waals surface area (Å²) in [4.78, 5) is 21.9. The Morgan fingerprint density at radius 1 is 1.32 bits per heavy atom. The third-order valence-corrected chi connectivity index (χ3v) is 7.44. The molecule has 1 saturated heterocycles. The van der Waals surface area contributed by atoms with Crippen LogP contribution in [0.5, 0.6) is 0 Å². The van der Waals surface area contributed by atoms with E-state index in [1.807, 2.05) is 30.5 Å². The highest BCUT2D eigenvalue weighted by Crippen LogP contribution is 2.46. The van der Waals surface area contributed by atoms with Crippen molar-refractivity contribution in [1.82, 2.24) is 20.1 Å². The van der Waals surface area contributed by atoms with Crippen molar-refractivity contribution in [2.75, 3.05) is 32.4 Å². The fourth-order valence-corrected chi connectivity index (χ4v) is 6.04. The number of thioether (sulfide) groups is 1. The Morgan fingerprint density at radius 3 is 2.82 bits per heavy atom. The number of carbonyl (C=O) groups is 1. The molecule has 152 valence electrons. The molecule has 2 aromatic rings. The number of rotatable bonds is 5. The number of nitrogens with one attached hydrogen (secondary N) is 2. The zero-order valence-electron chi connectivity index (χ0n) is 17.4. The maximum Gasteiger partial charge on any atom is 0.317 e. The number of urea groups is 1. The van der Waals surface area contributed by atoms with E-state index in [4.69, 9.17) is 0 Å². The van der Waals surface area contributed by atoms with Crippen molar-refractivity contribution in [1.29, 1.82) is 0 Å². The zero-order valence-corrected chi connectivity index (χ0v) is 18.2. The van der Waals surface area contributed by atoms with Gasteiger partial charge in [0.1, 0.15) is 0 Å². The molecule has 1 aliphatic heterocycles. The van der Waals surface area contributed by atoms with Gasteiger partial charge in [0.15, 0.2) is 0 Å². The summed E-state index contributed by atoms with van der Waals surface area (Å²) >= 11 is 1.94. The van der Waals surface area contributed by atoms with E-state index in [9.17, 15) is 4.79 Å². The third kappa shape index (κ3) is 3.30. The molecular formula is C22H32N4OS. The van der Waals surface area contributed by atoms with Crippen molar-refractivity contribution < 1.29 is 4.79 Å². The van der Waals surface area contributed by atoms with Gasteiger partial charge in [0.25, 0.3) is 0 Å². The highest BCUT2D eigenvalue weighted by molar-refractivity contribution is 7.99. The Morgan fingerprint density at radius 2 is 2.11 bits per heavy atom. The molecule has 0 bridgehead atoms. The molecule has 1 fully saturated rings. The fourth-order valence-electron chi connectivity index (χ4n) is 5.16. The lowest BCUT2D eigenvalue weighted by Crippen LogP contribution is -2.56. The molecule has 5 nitrogen and oxygen atoms in total. The fraction of sp³-hybridized carbons (Fsp3) is 0.591.